The molecule has 0 aromatic heterocycles. The Morgan fingerprint density at radius 1 is 1.28 bits per heavy atom. The minimum atomic E-state index is -4.87. The maximum Gasteiger partial charge on any atom is 0.471 e. The van der Waals surface area contributed by atoms with E-state index in [1.165, 1.54) is 25.3 Å². The van der Waals surface area contributed by atoms with E-state index in [0.29, 0.717) is 11.7 Å². The van der Waals surface area contributed by atoms with Crippen LogP contribution < -0.4 is 5.32 Å². The highest BCUT2D eigenvalue weighted by atomic mass is 32.2. The first-order chi connectivity index (χ1) is 11.9. The quantitative estimate of drug-likeness (QED) is 0.765. The van der Waals surface area contributed by atoms with Crippen LogP contribution >= 0.6 is 0 Å². The van der Waals surface area contributed by atoms with Gasteiger partial charge >= 0.3 is 12.1 Å². The smallest absolute Gasteiger partial charge is 0.471 e. The van der Waals surface area contributed by atoms with Gasteiger partial charge in [-0.15, -0.1) is 0 Å². The van der Waals surface area contributed by atoms with Crippen LogP contribution in [0.25, 0.3) is 6.08 Å². The van der Waals surface area contributed by atoms with Gasteiger partial charge in [-0.1, -0.05) is 43.5 Å². The van der Waals surface area contributed by atoms with E-state index in [0.717, 1.165) is 23.3 Å². The minimum Gasteiger partial charge on any atom is -0.611 e. The standard InChI is InChI=1S/C18H22F3NO2S/c19-18(20,21)17(23)22-11-5-9-14-8-4-10-16(12-14)25(24)13-15-6-2-1-3-7-15/h4-5,8-10,12,15H,1-3,6-7,11,13H2,(H,22,23)/b9-5+. The molecule has 1 saturated carbocycles. The molecule has 138 valence electrons. The fourth-order valence-corrected chi connectivity index (χ4v) is 4.32. The van der Waals surface area contributed by atoms with Gasteiger partial charge in [-0.3, -0.25) is 4.79 Å². The van der Waals surface area contributed by atoms with E-state index >= 15 is 0 Å². The summed E-state index contributed by atoms with van der Waals surface area (Å²) in [5.74, 6) is -0.791. The number of carbonyl (C=O) groups is 1. The summed E-state index contributed by atoms with van der Waals surface area (Å²) in [5, 5.41) is 1.77. The molecule has 1 unspecified atom stereocenters. The number of carbonyl (C=O) groups excluding carboxylic acids is 1. The van der Waals surface area contributed by atoms with E-state index < -0.39 is 23.3 Å². The van der Waals surface area contributed by atoms with Crippen molar-refractivity contribution in [2.24, 2.45) is 5.92 Å². The van der Waals surface area contributed by atoms with Gasteiger partial charge in [-0.05, 0) is 35.6 Å². The molecule has 0 heterocycles. The van der Waals surface area contributed by atoms with E-state index in [-0.39, 0.29) is 6.54 Å². The summed E-state index contributed by atoms with van der Waals surface area (Å²) in [5.41, 5.74) is 0.746. The Labute approximate surface area is 148 Å². The van der Waals surface area contributed by atoms with Crippen LogP contribution in [-0.2, 0) is 16.0 Å². The lowest BCUT2D eigenvalue weighted by Crippen LogP contribution is -2.36. The van der Waals surface area contributed by atoms with Crippen LogP contribution in [0.1, 0.15) is 37.7 Å². The first kappa shape index (κ1) is 19.8. The number of halogens is 3. The highest BCUT2D eigenvalue weighted by Crippen LogP contribution is 2.27. The fraction of sp³-hybridized carbons (Fsp3) is 0.500. The second kappa shape index (κ2) is 9.29. The van der Waals surface area contributed by atoms with Gasteiger partial charge in [0, 0.05) is 18.5 Å². The van der Waals surface area contributed by atoms with E-state index in [4.69, 9.17) is 0 Å². The fourth-order valence-electron chi connectivity index (χ4n) is 2.87. The number of amides is 1. The zero-order valence-electron chi connectivity index (χ0n) is 13.8. The molecule has 1 aliphatic rings. The molecule has 1 N–H and O–H groups in total. The molecule has 1 aliphatic carbocycles. The summed E-state index contributed by atoms with van der Waals surface area (Å²) >= 11 is -1.07. The predicted octanol–water partition coefficient (Wildman–Crippen LogP) is 4.07. The summed E-state index contributed by atoms with van der Waals surface area (Å²) in [6.07, 6.45) is 4.10. The molecule has 0 aliphatic heterocycles. The molecule has 25 heavy (non-hydrogen) atoms. The molecular weight excluding hydrogens is 351 g/mol. The Morgan fingerprint density at radius 3 is 2.68 bits per heavy atom. The lowest BCUT2D eigenvalue weighted by atomic mass is 9.91. The minimum absolute atomic E-state index is 0.215. The molecule has 0 bridgehead atoms. The third-order valence-electron chi connectivity index (χ3n) is 4.18. The van der Waals surface area contributed by atoms with E-state index in [2.05, 4.69) is 0 Å². The van der Waals surface area contributed by atoms with Crippen LogP contribution in [0.2, 0.25) is 0 Å². The molecule has 1 atom stereocenters. The monoisotopic (exact) mass is 373 g/mol. The Balaban J connectivity index is 1.87. The molecular formula is C18H22F3NO2S. The molecule has 0 radical (unpaired) electrons. The van der Waals surface area contributed by atoms with Crippen LogP contribution in [0.5, 0.6) is 0 Å². The summed E-state index contributed by atoms with van der Waals surface area (Å²) in [6, 6.07) is 7.15. The number of hydrogen-bond acceptors (Lipinski definition) is 2. The van der Waals surface area contributed by atoms with Gasteiger partial charge in [-0.25, -0.2) is 0 Å². The number of nitrogens with one attached hydrogen (secondary N) is 1. The first-order valence-electron chi connectivity index (χ1n) is 8.36. The van der Waals surface area contributed by atoms with Crippen LogP contribution in [0.15, 0.2) is 35.2 Å². The molecule has 0 saturated heterocycles. The molecule has 0 spiro atoms. The topological polar surface area (TPSA) is 52.2 Å². The van der Waals surface area contributed by atoms with Gasteiger partial charge in [0.1, 0.15) is 5.75 Å². The summed E-state index contributed by atoms with van der Waals surface area (Å²) in [6.45, 7) is -0.215. The SMILES string of the molecule is O=C(NC/C=C/c1cccc([S+]([O-])CC2CCCCC2)c1)C(F)(F)F. The molecule has 7 heteroatoms. The Hall–Kier alpha value is -1.47. The average Bonchev–Trinajstić information content (AvgIpc) is 2.59. The molecule has 3 nitrogen and oxygen atoms in total. The van der Waals surface area contributed by atoms with Crippen molar-refractivity contribution in [3.63, 3.8) is 0 Å². The van der Waals surface area contributed by atoms with E-state index in [1.54, 1.807) is 29.6 Å². The van der Waals surface area contributed by atoms with Crippen molar-refractivity contribution in [1.29, 1.82) is 0 Å². The van der Waals surface area contributed by atoms with Gasteiger partial charge in [0.2, 0.25) is 0 Å². The van der Waals surface area contributed by atoms with Crippen molar-refractivity contribution < 1.29 is 22.5 Å². The lowest BCUT2D eigenvalue weighted by molar-refractivity contribution is -0.173. The maximum absolute atomic E-state index is 12.5. The number of rotatable bonds is 6. The van der Waals surface area contributed by atoms with Gasteiger partial charge < -0.3 is 9.87 Å². The number of hydrogen-bond donors (Lipinski definition) is 1. The highest BCUT2D eigenvalue weighted by Gasteiger charge is 2.37. The maximum atomic E-state index is 12.5. The molecule has 2 rings (SSSR count). The van der Waals surface area contributed by atoms with Crippen molar-refractivity contribution in [2.75, 3.05) is 12.3 Å². The zero-order valence-corrected chi connectivity index (χ0v) is 14.7. The predicted molar refractivity (Wildman–Crippen MR) is 92.4 cm³/mol. The molecule has 1 aromatic rings. The van der Waals surface area contributed by atoms with Gasteiger partial charge in [0.15, 0.2) is 4.90 Å². The van der Waals surface area contributed by atoms with E-state index in [1.807, 2.05) is 6.07 Å². The summed E-state index contributed by atoms with van der Waals surface area (Å²) < 4.78 is 48.7. The van der Waals surface area contributed by atoms with Gasteiger partial charge in [0.05, 0.1) is 0 Å². The second-order valence-electron chi connectivity index (χ2n) is 6.20. The van der Waals surface area contributed by atoms with Crippen molar-refractivity contribution in [2.45, 2.75) is 43.2 Å². The third kappa shape index (κ3) is 6.74. The first-order valence-corrected chi connectivity index (χ1v) is 9.68. The van der Waals surface area contributed by atoms with E-state index in [9.17, 15) is 22.5 Å². The normalized spacial score (nSPS) is 17.6. The van der Waals surface area contributed by atoms with Crippen molar-refractivity contribution in [3.8, 4) is 0 Å². The summed E-state index contributed by atoms with van der Waals surface area (Å²) in [4.78, 5) is 11.4. The van der Waals surface area contributed by atoms with Gasteiger partial charge in [-0.2, -0.15) is 13.2 Å². The van der Waals surface area contributed by atoms with Gasteiger partial charge in [0.25, 0.3) is 0 Å². The van der Waals surface area contributed by atoms with Crippen molar-refractivity contribution in [1.82, 2.24) is 5.32 Å². The van der Waals surface area contributed by atoms with Crippen LogP contribution in [-0.4, -0.2) is 28.9 Å². The Bertz CT molecular complexity index is 598. The third-order valence-corrected chi connectivity index (χ3v) is 5.73. The van der Waals surface area contributed by atoms with Crippen LogP contribution in [0, 0.1) is 5.92 Å². The largest absolute Gasteiger partial charge is 0.611 e. The zero-order chi connectivity index (χ0) is 18.3. The number of benzene rings is 1. The Kier molecular flexibility index (Phi) is 7.38. The highest BCUT2D eigenvalue weighted by molar-refractivity contribution is 7.91. The van der Waals surface area contributed by atoms with Crippen LogP contribution in [0.4, 0.5) is 13.2 Å². The van der Waals surface area contributed by atoms with Crippen molar-refractivity contribution >= 4 is 23.2 Å². The molecule has 1 fully saturated rings. The van der Waals surface area contributed by atoms with Crippen molar-refractivity contribution in [3.05, 3.63) is 35.9 Å². The Morgan fingerprint density at radius 2 is 2.00 bits per heavy atom. The summed E-state index contributed by atoms with van der Waals surface area (Å²) in [7, 11) is 0. The molecule has 1 aromatic carbocycles. The average molecular weight is 373 g/mol. The number of alkyl halides is 3. The second-order valence-corrected chi connectivity index (χ2v) is 7.69. The lowest BCUT2D eigenvalue weighted by Gasteiger charge is -2.22. The van der Waals surface area contributed by atoms with Crippen LogP contribution in [0.3, 0.4) is 0 Å². The molecule has 1 amide bonds.